The van der Waals surface area contributed by atoms with Gasteiger partial charge in [-0.1, -0.05) is 104 Å². The van der Waals surface area contributed by atoms with E-state index in [2.05, 4.69) is 5.32 Å². The smallest absolute Gasteiger partial charge is 0.303 e. The number of amides is 2. The lowest BCUT2D eigenvalue weighted by Crippen LogP contribution is -2.50. The van der Waals surface area contributed by atoms with Gasteiger partial charge in [-0.2, -0.15) is 0 Å². The average molecular weight is 515 g/mol. The predicted molar refractivity (Wildman–Crippen MR) is 149 cm³/mol. The Morgan fingerprint density at radius 2 is 1.21 bits per heavy atom. The lowest BCUT2D eigenvalue weighted by molar-refractivity contribution is -0.141. The summed E-state index contributed by atoms with van der Waals surface area (Å²) < 4.78 is 0. The van der Waals surface area contributed by atoms with Gasteiger partial charge in [0.25, 0.3) is 0 Å². The fourth-order valence-electron chi connectivity index (χ4n) is 4.48. The van der Waals surface area contributed by atoms with Crippen molar-refractivity contribution >= 4 is 17.8 Å². The summed E-state index contributed by atoms with van der Waals surface area (Å²) in [6, 6.07) is 28.9. The highest BCUT2D eigenvalue weighted by atomic mass is 16.4. The van der Waals surface area contributed by atoms with Crippen LogP contribution >= 0.6 is 0 Å². The molecule has 1 unspecified atom stereocenters. The zero-order valence-electron chi connectivity index (χ0n) is 21.9. The Balaban J connectivity index is 1.73. The Morgan fingerprint density at radius 1 is 0.684 bits per heavy atom. The molecule has 6 heteroatoms. The highest BCUT2D eigenvalue weighted by Gasteiger charge is 2.30. The minimum absolute atomic E-state index is 0.0637. The molecule has 6 nitrogen and oxygen atoms in total. The molecular formula is C32H38N2O4. The molecule has 0 fully saturated rings. The van der Waals surface area contributed by atoms with Gasteiger partial charge in [-0.15, -0.1) is 0 Å². The van der Waals surface area contributed by atoms with Crippen LogP contribution in [0.25, 0.3) is 0 Å². The SMILES string of the molecule is O=C(O)CCCCCCC(=O)N(Cc1ccccc1)C(Cc1ccccc1)C(=O)NCCc1ccccc1. The van der Waals surface area contributed by atoms with Crippen LogP contribution in [-0.4, -0.2) is 40.4 Å². The lowest BCUT2D eigenvalue weighted by Gasteiger charge is -2.31. The third kappa shape index (κ3) is 10.2. The fourth-order valence-corrected chi connectivity index (χ4v) is 4.48. The minimum atomic E-state index is -0.794. The van der Waals surface area contributed by atoms with Crippen LogP contribution in [0.4, 0.5) is 0 Å². The van der Waals surface area contributed by atoms with Crippen LogP contribution in [0, 0.1) is 0 Å². The van der Waals surface area contributed by atoms with Crippen molar-refractivity contribution in [2.45, 2.75) is 64.0 Å². The number of nitrogens with one attached hydrogen (secondary N) is 1. The van der Waals surface area contributed by atoms with Gasteiger partial charge in [-0.05, 0) is 36.0 Å². The van der Waals surface area contributed by atoms with Crippen molar-refractivity contribution in [2.24, 2.45) is 0 Å². The predicted octanol–water partition coefficient (Wildman–Crippen LogP) is 5.41. The van der Waals surface area contributed by atoms with E-state index in [1.165, 1.54) is 0 Å². The number of carbonyl (C=O) groups excluding carboxylic acids is 2. The molecule has 0 radical (unpaired) electrons. The molecule has 2 amide bonds. The summed E-state index contributed by atoms with van der Waals surface area (Å²) in [5.41, 5.74) is 3.11. The number of carbonyl (C=O) groups is 3. The number of aliphatic carboxylic acids is 1. The monoisotopic (exact) mass is 514 g/mol. The number of carboxylic acid groups (broad SMARTS) is 1. The summed E-state index contributed by atoms with van der Waals surface area (Å²) in [7, 11) is 0. The Morgan fingerprint density at radius 3 is 1.79 bits per heavy atom. The van der Waals surface area contributed by atoms with Crippen LogP contribution in [0.2, 0.25) is 0 Å². The van der Waals surface area contributed by atoms with Gasteiger partial charge in [0.15, 0.2) is 0 Å². The molecule has 0 saturated heterocycles. The van der Waals surface area contributed by atoms with Gasteiger partial charge in [0.2, 0.25) is 11.8 Å². The van der Waals surface area contributed by atoms with Gasteiger partial charge in [0.1, 0.15) is 6.04 Å². The van der Waals surface area contributed by atoms with Crippen molar-refractivity contribution in [2.75, 3.05) is 6.54 Å². The molecule has 0 heterocycles. The van der Waals surface area contributed by atoms with Crippen LogP contribution in [0.3, 0.4) is 0 Å². The van der Waals surface area contributed by atoms with Crippen LogP contribution in [0.1, 0.15) is 55.2 Å². The summed E-state index contributed by atoms with van der Waals surface area (Å²) in [6.45, 7) is 0.841. The van der Waals surface area contributed by atoms with E-state index in [0.29, 0.717) is 45.2 Å². The number of carboxylic acids is 1. The van der Waals surface area contributed by atoms with E-state index in [9.17, 15) is 14.4 Å². The summed E-state index contributed by atoms with van der Waals surface area (Å²) >= 11 is 0. The van der Waals surface area contributed by atoms with E-state index in [4.69, 9.17) is 5.11 Å². The third-order valence-corrected chi connectivity index (χ3v) is 6.55. The topological polar surface area (TPSA) is 86.7 Å². The highest BCUT2D eigenvalue weighted by Crippen LogP contribution is 2.17. The van der Waals surface area contributed by atoms with Crippen molar-refractivity contribution in [1.82, 2.24) is 10.2 Å². The number of hydrogen-bond acceptors (Lipinski definition) is 3. The van der Waals surface area contributed by atoms with Crippen LogP contribution in [0.5, 0.6) is 0 Å². The number of hydrogen-bond donors (Lipinski definition) is 2. The molecule has 0 aliphatic carbocycles. The van der Waals surface area contributed by atoms with E-state index >= 15 is 0 Å². The van der Waals surface area contributed by atoms with E-state index in [1.54, 1.807) is 4.90 Å². The summed E-state index contributed by atoms with van der Waals surface area (Å²) in [5, 5.41) is 11.9. The molecule has 0 spiro atoms. The number of unbranched alkanes of at least 4 members (excludes halogenated alkanes) is 3. The first kappa shape index (κ1) is 28.6. The van der Waals surface area contributed by atoms with Gasteiger partial charge in [-0.3, -0.25) is 14.4 Å². The summed E-state index contributed by atoms with van der Waals surface area (Å²) in [5.74, 6) is -1.01. The largest absolute Gasteiger partial charge is 0.481 e. The highest BCUT2D eigenvalue weighted by molar-refractivity contribution is 5.88. The molecule has 0 bridgehead atoms. The van der Waals surface area contributed by atoms with Gasteiger partial charge in [0.05, 0.1) is 0 Å². The van der Waals surface area contributed by atoms with Crippen molar-refractivity contribution < 1.29 is 19.5 Å². The zero-order valence-corrected chi connectivity index (χ0v) is 21.9. The van der Waals surface area contributed by atoms with Crippen molar-refractivity contribution in [3.8, 4) is 0 Å². The number of nitrogens with zero attached hydrogens (tertiary/aromatic N) is 1. The van der Waals surface area contributed by atoms with Crippen molar-refractivity contribution in [3.05, 3.63) is 108 Å². The summed E-state index contributed by atoms with van der Waals surface area (Å²) in [6.07, 6.45) is 4.44. The average Bonchev–Trinajstić information content (AvgIpc) is 2.94. The van der Waals surface area contributed by atoms with E-state index in [-0.39, 0.29) is 18.2 Å². The summed E-state index contributed by atoms with van der Waals surface area (Å²) in [4.78, 5) is 39.6. The van der Waals surface area contributed by atoms with E-state index < -0.39 is 12.0 Å². The second-order valence-electron chi connectivity index (χ2n) is 9.55. The van der Waals surface area contributed by atoms with Gasteiger partial charge >= 0.3 is 5.97 Å². The Bertz CT molecular complexity index is 1120. The molecule has 0 aliphatic heterocycles. The molecule has 1 atom stereocenters. The first-order valence-electron chi connectivity index (χ1n) is 13.4. The maximum absolute atomic E-state index is 13.6. The zero-order chi connectivity index (χ0) is 27.0. The van der Waals surface area contributed by atoms with Gasteiger partial charge in [-0.25, -0.2) is 0 Å². The Kier molecular flexibility index (Phi) is 12.1. The van der Waals surface area contributed by atoms with E-state index in [0.717, 1.165) is 29.5 Å². The molecule has 3 rings (SSSR count). The molecule has 2 N–H and O–H groups in total. The molecule has 38 heavy (non-hydrogen) atoms. The second-order valence-corrected chi connectivity index (χ2v) is 9.55. The van der Waals surface area contributed by atoms with Crippen molar-refractivity contribution in [3.63, 3.8) is 0 Å². The lowest BCUT2D eigenvalue weighted by atomic mass is 10.0. The maximum Gasteiger partial charge on any atom is 0.303 e. The van der Waals surface area contributed by atoms with Crippen molar-refractivity contribution in [1.29, 1.82) is 0 Å². The Labute approximate surface area is 225 Å². The molecule has 0 aromatic heterocycles. The molecule has 3 aromatic carbocycles. The molecule has 0 saturated carbocycles. The maximum atomic E-state index is 13.6. The first-order valence-corrected chi connectivity index (χ1v) is 13.4. The number of benzene rings is 3. The Hall–Kier alpha value is -3.93. The third-order valence-electron chi connectivity index (χ3n) is 6.55. The van der Waals surface area contributed by atoms with Crippen LogP contribution < -0.4 is 5.32 Å². The minimum Gasteiger partial charge on any atom is -0.481 e. The quantitative estimate of drug-likeness (QED) is 0.250. The first-order chi connectivity index (χ1) is 18.5. The standard InChI is InChI=1S/C32H38N2O4/c35-30(20-12-1-2-13-21-31(36)37)34(25-28-18-10-5-11-19-28)29(24-27-16-8-4-9-17-27)32(38)33-23-22-26-14-6-3-7-15-26/h3-11,14-19,29H,1-2,12-13,20-25H2,(H,33,38)(H,36,37). The fraction of sp³-hybridized carbons (Fsp3) is 0.344. The molecule has 3 aromatic rings. The van der Waals surface area contributed by atoms with Crippen LogP contribution in [-0.2, 0) is 33.8 Å². The van der Waals surface area contributed by atoms with Crippen LogP contribution in [0.15, 0.2) is 91.0 Å². The molecule has 0 aliphatic rings. The van der Waals surface area contributed by atoms with Gasteiger partial charge in [0, 0.05) is 32.4 Å². The normalized spacial score (nSPS) is 11.5. The molecular weight excluding hydrogens is 476 g/mol. The second kappa shape index (κ2) is 16.0. The number of rotatable bonds is 16. The molecule has 200 valence electrons. The van der Waals surface area contributed by atoms with Gasteiger partial charge < -0.3 is 15.3 Å². The van der Waals surface area contributed by atoms with E-state index in [1.807, 2.05) is 91.0 Å².